The van der Waals surface area contributed by atoms with E-state index in [0.29, 0.717) is 13.2 Å². The monoisotopic (exact) mass is 302 g/mol. The Bertz CT molecular complexity index is 788. The van der Waals surface area contributed by atoms with Crippen molar-refractivity contribution in [2.75, 3.05) is 13.2 Å². The molecule has 2 aromatic rings. The molecule has 112 valence electrons. The minimum absolute atomic E-state index is 0.0888. The van der Waals surface area contributed by atoms with Crippen LogP contribution in [0.5, 0.6) is 0 Å². The second kappa shape index (κ2) is 6.89. The minimum atomic E-state index is -0.324. The molecule has 4 heteroatoms. The third-order valence-electron chi connectivity index (χ3n) is 3.61. The maximum atomic E-state index is 8.81. The van der Waals surface area contributed by atoms with Crippen molar-refractivity contribution in [2.45, 2.75) is 6.29 Å². The lowest BCUT2D eigenvalue weighted by Crippen LogP contribution is -2.00. The fourth-order valence-corrected chi connectivity index (χ4v) is 2.52. The molecule has 1 aliphatic heterocycles. The number of rotatable bonds is 3. The minimum Gasteiger partial charge on any atom is -0.346 e. The number of hydrogen-bond acceptors (Lipinski definition) is 4. The van der Waals surface area contributed by atoms with Crippen molar-refractivity contribution < 1.29 is 9.47 Å². The van der Waals surface area contributed by atoms with Crippen molar-refractivity contribution in [3.63, 3.8) is 0 Å². The van der Waals surface area contributed by atoms with Crippen LogP contribution < -0.4 is 0 Å². The van der Waals surface area contributed by atoms with Gasteiger partial charge in [0, 0.05) is 5.56 Å². The van der Waals surface area contributed by atoms with Crippen LogP contribution in [0.1, 0.15) is 17.4 Å². The molecule has 1 fully saturated rings. The molecule has 0 aliphatic carbocycles. The number of ether oxygens (including phenoxy) is 2. The van der Waals surface area contributed by atoms with Crippen LogP contribution in [0.2, 0.25) is 0 Å². The van der Waals surface area contributed by atoms with E-state index < -0.39 is 0 Å². The Morgan fingerprint density at radius 3 is 2.26 bits per heavy atom. The highest BCUT2D eigenvalue weighted by molar-refractivity contribution is 5.70. The van der Waals surface area contributed by atoms with E-state index in [4.69, 9.17) is 20.0 Å². The molecule has 3 rings (SSSR count). The molecule has 0 saturated carbocycles. The normalized spacial score (nSPS) is 14.0. The molecule has 0 spiro atoms. The zero-order valence-corrected chi connectivity index (χ0v) is 12.4. The van der Waals surface area contributed by atoms with Crippen molar-refractivity contribution in [2.24, 2.45) is 0 Å². The van der Waals surface area contributed by atoms with Gasteiger partial charge in [0.25, 0.3) is 0 Å². The molecule has 0 N–H and O–H groups in total. The average Bonchev–Trinajstić information content (AvgIpc) is 3.15. The lowest BCUT2D eigenvalue weighted by Gasteiger charge is -2.14. The molecule has 2 aromatic carbocycles. The molecule has 0 radical (unpaired) electrons. The first-order valence-corrected chi connectivity index (χ1v) is 7.26. The number of hydrogen-bond donors (Lipinski definition) is 0. The van der Waals surface area contributed by atoms with Crippen LogP contribution >= 0.6 is 0 Å². The smallest absolute Gasteiger partial charge is 0.184 e. The van der Waals surface area contributed by atoms with E-state index in [9.17, 15) is 0 Å². The number of benzene rings is 2. The first kappa shape index (κ1) is 15.0. The predicted octanol–water partition coefficient (Wildman–Crippen LogP) is 3.83. The van der Waals surface area contributed by atoms with Gasteiger partial charge in [0.05, 0.1) is 13.2 Å². The maximum Gasteiger partial charge on any atom is 0.184 e. The first-order chi connectivity index (χ1) is 11.3. The average molecular weight is 302 g/mol. The summed E-state index contributed by atoms with van der Waals surface area (Å²) in [5, 5.41) is 17.6. The van der Waals surface area contributed by atoms with Gasteiger partial charge in [-0.15, -0.1) is 0 Å². The zero-order chi connectivity index (χ0) is 16.1. The summed E-state index contributed by atoms with van der Waals surface area (Å²) in [6, 6.07) is 19.4. The van der Waals surface area contributed by atoms with Crippen molar-refractivity contribution in [3.8, 4) is 23.3 Å². The van der Waals surface area contributed by atoms with Crippen LogP contribution in [0, 0.1) is 22.7 Å². The largest absolute Gasteiger partial charge is 0.346 e. The number of allylic oxidation sites excluding steroid dienone is 1. The van der Waals surface area contributed by atoms with Gasteiger partial charge in [0.1, 0.15) is 17.7 Å². The highest BCUT2D eigenvalue weighted by atomic mass is 16.7. The molecule has 1 heterocycles. The lowest BCUT2D eigenvalue weighted by molar-refractivity contribution is -0.0436. The summed E-state index contributed by atoms with van der Waals surface area (Å²) in [4.78, 5) is 0. The Hall–Kier alpha value is -2.92. The maximum absolute atomic E-state index is 8.81. The molecule has 4 nitrogen and oxygen atoms in total. The van der Waals surface area contributed by atoms with Crippen molar-refractivity contribution in [1.82, 2.24) is 0 Å². The van der Waals surface area contributed by atoms with Gasteiger partial charge in [-0.1, -0.05) is 48.5 Å². The summed E-state index contributed by atoms with van der Waals surface area (Å²) in [6.45, 7) is 1.21. The summed E-state index contributed by atoms with van der Waals surface area (Å²) in [7, 11) is 0. The Labute approximate surface area is 134 Å². The van der Waals surface area contributed by atoms with E-state index in [-0.39, 0.29) is 11.9 Å². The molecule has 1 aliphatic rings. The molecule has 0 bridgehead atoms. The third kappa shape index (κ3) is 3.30. The van der Waals surface area contributed by atoms with Gasteiger partial charge in [-0.3, -0.25) is 0 Å². The predicted molar refractivity (Wildman–Crippen MR) is 85.7 cm³/mol. The van der Waals surface area contributed by atoms with Crippen LogP contribution in [0.4, 0.5) is 0 Å². The highest BCUT2D eigenvalue weighted by Gasteiger charge is 2.21. The fraction of sp³-hybridized carbons (Fsp3) is 0.158. The highest BCUT2D eigenvalue weighted by Crippen LogP contribution is 2.32. The van der Waals surface area contributed by atoms with Gasteiger partial charge >= 0.3 is 0 Å². The van der Waals surface area contributed by atoms with Crippen molar-refractivity contribution in [1.29, 1.82) is 10.5 Å². The van der Waals surface area contributed by atoms with E-state index in [0.717, 1.165) is 22.3 Å². The van der Waals surface area contributed by atoms with Crippen LogP contribution in [0.25, 0.3) is 17.2 Å². The van der Waals surface area contributed by atoms with E-state index >= 15 is 0 Å². The van der Waals surface area contributed by atoms with Gasteiger partial charge < -0.3 is 9.47 Å². The van der Waals surface area contributed by atoms with Crippen LogP contribution in [0.15, 0.2) is 54.1 Å². The lowest BCUT2D eigenvalue weighted by atomic mass is 9.98. The van der Waals surface area contributed by atoms with Gasteiger partial charge in [0.2, 0.25) is 0 Å². The number of nitrogens with zero attached hydrogens (tertiary/aromatic N) is 2. The van der Waals surface area contributed by atoms with E-state index in [1.807, 2.05) is 60.7 Å². The SMILES string of the molecule is N#CC(C#N)=Cc1ccc(-c2ccccc2C2OCCO2)cc1. The van der Waals surface area contributed by atoms with Crippen LogP contribution in [-0.2, 0) is 9.47 Å². The summed E-state index contributed by atoms with van der Waals surface area (Å²) in [5.74, 6) is 0. The molecule has 1 saturated heterocycles. The Kier molecular flexibility index (Phi) is 4.49. The van der Waals surface area contributed by atoms with Crippen molar-refractivity contribution >= 4 is 6.08 Å². The van der Waals surface area contributed by atoms with Gasteiger partial charge in [-0.25, -0.2) is 0 Å². The van der Waals surface area contributed by atoms with Gasteiger partial charge in [0.15, 0.2) is 6.29 Å². The molecule has 23 heavy (non-hydrogen) atoms. The molecule has 0 atom stereocenters. The third-order valence-corrected chi connectivity index (χ3v) is 3.61. The van der Waals surface area contributed by atoms with Gasteiger partial charge in [-0.05, 0) is 22.8 Å². The molecule has 0 unspecified atom stereocenters. The Morgan fingerprint density at radius 2 is 1.61 bits per heavy atom. The van der Waals surface area contributed by atoms with E-state index in [2.05, 4.69) is 0 Å². The van der Waals surface area contributed by atoms with E-state index in [1.165, 1.54) is 0 Å². The molecule has 0 amide bonds. The fourth-order valence-electron chi connectivity index (χ4n) is 2.52. The summed E-state index contributed by atoms with van der Waals surface area (Å²) in [6.07, 6.45) is 1.24. The summed E-state index contributed by atoms with van der Waals surface area (Å²) in [5.41, 5.74) is 4.00. The van der Waals surface area contributed by atoms with Crippen molar-refractivity contribution in [3.05, 3.63) is 65.2 Å². The number of nitriles is 2. The molecule has 0 aromatic heterocycles. The Balaban J connectivity index is 1.93. The topological polar surface area (TPSA) is 66.0 Å². The molecular formula is C19H14N2O2. The summed E-state index contributed by atoms with van der Waals surface area (Å²) < 4.78 is 11.2. The second-order valence-electron chi connectivity index (χ2n) is 5.06. The zero-order valence-electron chi connectivity index (χ0n) is 12.4. The van der Waals surface area contributed by atoms with Gasteiger partial charge in [-0.2, -0.15) is 10.5 Å². The van der Waals surface area contributed by atoms with Crippen LogP contribution in [0.3, 0.4) is 0 Å². The summed E-state index contributed by atoms with van der Waals surface area (Å²) >= 11 is 0. The second-order valence-corrected chi connectivity index (χ2v) is 5.06. The first-order valence-electron chi connectivity index (χ1n) is 7.26. The molecular weight excluding hydrogens is 288 g/mol. The Morgan fingerprint density at radius 1 is 0.957 bits per heavy atom. The quantitative estimate of drug-likeness (QED) is 0.808. The van der Waals surface area contributed by atoms with E-state index in [1.54, 1.807) is 6.08 Å². The standard InChI is InChI=1S/C19H14N2O2/c20-12-15(13-21)11-14-5-7-16(8-6-14)17-3-1-2-4-18(17)19-22-9-10-23-19/h1-8,11,19H,9-10H2. The van der Waals surface area contributed by atoms with Crippen LogP contribution in [-0.4, -0.2) is 13.2 Å².